The van der Waals surface area contributed by atoms with E-state index in [1.165, 1.54) is 94.6 Å². The number of para-hydroxylation sites is 2. The number of anilines is 6. The van der Waals surface area contributed by atoms with Gasteiger partial charge < -0.3 is 18.6 Å². The Morgan fingerprint density at radius 2 is 1.14 bits per heavy atom. The molecule has 0 atom stereocenters. The summed E-state index contributed by atoms with van der Waals surface area (Å²) in [6, 6.07) is 59.6. The SMILES string of the molecule is Cc1cc2c3c(c1)N(c1ccc(-c4cccc5oc6ccccc6c45)cc1)c1cc4c(cc1B3c1cc(C(C)(C)C)ccc1N2c1ccc(C2=CCCc3oc5ccccc5c32)cc1)C(C)(C)CCC4(C)C. The highest BCUT2D eigenvalue weighted by Gasteiger charge is 2.47. The third kappa shape index (κ3) is 6.38. The molecule has 0 saturated carbocycles. The summed E-state index contributed by atoms with van der Waals surface area (Å²) in [5, 5.41) is 3.50. The second-order valence-electron chi connectivity index (χ2n) is 23.5. The summed E-state index contributed by atoms with van der Waals surface area (Å²) in [7, 11) is 0. The van der Waals surface area contributed by atoms with Crippen molar-refractivity contribution in [3.8, 4) is 11.1 Å². The zero-order valence-electron chi connectivity index (χ0n) is 42.7. The van der Waals surface area contributed by atoms with Crippen LogP contribution in [0.2, 0.25) is 0 Å². The van der Waals surface area contributed by atoms with Gasteiger partial charge in [-0.25, -0.2) is 0 Å². The molecule has 0 spiro atoms. The van der Waals surface area contributed by atoms with Crippen molar-refractivity contribution in [2.45, 2.75) is 97.3 Å². The van der Waals surface area contributed by atoms with Crippen LogP contribution < -0.4 is 26.2 Å². The van der Waals surface area contributed by atoms with Crippen LogP contribution in [0.4, 0.5) is 34.1 Å². The predicted molar refractivity (Wildman–Crippen MR) is 304 cm³/mol. The Kier molecular flexibility index (Phi) is 9.18. The Balaban J connectivity index is 0.984. The number of benzene rings is 8. The lowest BCUT2D eigenvalue weighted by Gasteiger charge is -2.47. The maximum atomic E-state index is 6.43. The molecular weight excluding hydrogens is 876 g/mol. The second kappa shape index (κ2) is 15.3. The van der Waals surface area contributed by atoms with Gasteiger partial charge >= 0.3 is 0 Å². The molecule has 2 aliphatic carbocycles. The summed E-state index contributed by atoms with van der Waals surface area (Å²) in [5.41, 5.74) is 25.8. The Labute approximate surface area is 423 Å². The lowest BCUT2D eigenvalue weighted by Crippen LogP contribution is -2.62. The standard InChI is InChI=1S/C67H59BN2O2/c1-40-35-56-64-57(36-40)70(45-30-25-42(26-31-45)47-18-14-22-61-63(47)49-16-10-12-20-59(49)72-61)55-39-51-50(66(5,6)33-34-67(51,7)8)38-53(55)68(64)52-37-43(65(2,3)4)27-32-54(52)69(56)44-28-23-41(24-29-44)46-17-13-21-60-62(46)48-15-9-11-19-58(48)71-60/h9-12,14-20,22-32,35-39H,13,21,33-34H2,1-8H3. The Morgan fingerprint density at radius 3 is 1.83 bits per heavy atom. The van der Waals surface area contributed by atoms with E-state index >= 15 is 0 Å². The van der Waals surface area contributed by atoms with Gasteiger partial charge in [0.15, 0.2) is 0 Å². The fourth-order valence-electron chi connectivity index (χ4n) is 13.1. The van der Waals surface area contributed by atoms with E-state index in [1.54, 1.807) is 0 Å². The molecule has 0 radical (unpaired) electrons. The molecule has 0 unspecified atom stereocenters. The lowest BCUT2D eigenvalue weighted by molar-refractivity contribution is 0.332. The van der Waals surface area contributed by atoms with Gasteiger partial charge in [0, 0.05) is 62.3 Å². The summed E-state index contributed by atoms with van der Waals surface area (Å²) in [4.78, 5) is 5.17. The first-order valence-corrected chi connectivity index (χ1v) is 26.1. The molecule has 2 aliphatic heterocycles. The number of aryl methyl sites for hydroxylation is 2. The number of nitrogens with zero attached hydrogens (tertiary/aromatic N) is 2. The minimum Gasteiger partial charge on any atom is -0.460 e. The number of allylic oxidation sites excluding steroid dienone is 1. The third-order valence-corrected chi connectivity index (χ3v) is 17.0. The van der Waals surface area contributed by atoms with Crippen LogP contribution in [0.3, 0.4) is 0 Å². The third-order valence-electron chi connectivity index (χ3n) is 17.0. The lowest BCUT2D eigenvalue weighted by atomic mass is 9.33. The summed E-state index contributed by atoms with van der Waals surface area (Å²) < 4.78 is 12.8. The van der Waals surface area contributed by atoms with Crippen LogP contribution in [0.15, 0.2) is 173 Å². The van der Waals surface area contributed by atoms with Gasteiger partial charge in [0.2, 0.25) is 0 Å². The van der Waals surface area contributed by atoms with Gasteiger partial charge in [0.1, 0.15) is 22.5 Å². The van der Waals surface area contributed by atoms with E-state index in [4.69, 9.17) is 8.83 Å². The Bertz CT molecular complexity index is 3930. The van der Waals surface area contributed by atoms with Crippen molar-refractivity contribution < 1.29 is 8.83 Å². The number of furan rings is 2. The average molecular weight is 935 g/mol. The van der Waals surface area contributed by atoms with Crippen LogP contribution in [-0.4, -0.2) is 6.71 Å². The molecule has 14 rings (SSSR count). The largest absolute Gasteiger partial charge is 0.460 e. The number of fused-ring (bicyclic) bond motifs is 11. The second-order valence-corrected chi connectivity index (χ2v) is 23.5. The zero-order chi connectivity index (χ0) is 49.0. The molecule has 0 bridgehead atoms. The smallest absolute Gasteiger partial charge is 0.252 e. The van der Waals surface area contributed by atoms with E-state index in [0.29, 0.717) is 0 Å². The highest BCUT2D eigenvalue weighted by Crippen LogP contribution is 2.51. The first-order valence-electron chi connectivity index (χ1n) is 26.1. The summed E-state index contributed by atoms with van der Waals surface area (Å²) in [5.74, 6) is 1.09. The maximum absolute atomic E-state index is 6.43. The molecular formula is C67H59BN2O2. The van der Waals surface area contributed by atoms with Gasteiger partial charge in [-0.2, -0.15) is 0 Å². The molecule has 0 amide bonds. The van der Waals surface area contributed by atoms with Gasteiger partial charge in [-0.3, -0.25) is 0 Å². The number of hydrogen-bond acceptors (Lipinski definition) is 4. The molecule has 8 aromatic carbocycles. The summed E-state index contributed by atoms with van der Waals surface area (Å²) in [6.45, 7) is 19.2. The minimum atomic E-state index is -0.0397. The normalized spacial score (nSPS) is 16.3. The summed E-state index contributed by atoms with van der Waals surface area (Å²) >= 11 is 0. The number of rotatable bonds is 4. The van der Waals surface area contributed by atoms with Crippen molar-refractivity contribution in [1.29, 1.82) is 0 Å². The van der Waals surface area contributed by atoms with Crippen molar-refractivity contribution in [2.75, 3.05) is 9.80 Å². The molecule has 4 aliphatic rings. The van der Waals surface area contributed by atoms with E-state index in [0.717, 1.165) is 70.3 Å². The van der Waals surface area contributed by atoms with E-state index < -0.39 is 0 Å². The maximum Gasteiger partial charge on any atom is 0.252 e. The molecule has 4 nitrogen and oxygen atoms in total. The minimum absolute atomic E-state index is 0.0206. The molecule has 72 heavy (non-hydrogen) atoms. The fraction of sp³-hybridized carbons (Fsp3) is 0.224. The van der Waals surface area contributed by atoms with Crippen LogP contribution in [0, 0.1) is 6.92 Å². The molecule has 10 aromatic rings. The van der Waals surface area contributed by atoms with Crippen molar-refractivity contribution in [1.82, 2.24) is 0 Å². The Morgan fingerprint density at radius 1 is 0.542 bits per heavy atom. The van der Waals surface area contributed by atoms with Crippen molar-refractivity contribution in [2.24, 2.45) is 0 Å². The average Bonchev–Trinajstić information content (AvgIpc) is 3.97. The van der Waals surface area contributed by atoms with Crippen LogP contribution in [0.25, 0.3) is 49.6 Å². The zero-order valence-corrected chi connectivity index (χ0v) is 42.7. The predicted octanol–water partition coefficient (Wildman–Crippen LogP) is 16.4. The Hall–Kier alpha value is -7.50. The van der Waals surface area contributed by atoms with Gasteiger partial charge in [0.25, 0.3) is 6.71 Å². The van der Waals surface area contributed by atoms with Gasteiger partial charge in [0.05, 0.1) is 0 Å². The van der Waals surface area contributed by atoms with E-state index in [9.17, 15) is 0 Å². The monoisotopic (exact) mass is 934 g/mol. The first kappa shape index (κ1) is 43.3. The van der Waals surface area contributed by atoms with Gasteiger partial charge in [-0.05, 0) is 170 Å². The first-order chi connectivity index (χ1) is 34.7. The van der Waals surface area contributed by atoms with Crippen LogP contribution in [0.1, 0.15) is 107 Å². The van der Waals surface area contributed by atoms with Crippen molar-refractivity contribution in [3.05, 3.63) is 203 Å². The quantitative estimate of drug-likeness (QED) is 0.165. The van der Waals surface area contributed by atoms with E-state index in [-0.39, 0.29) is 23.0 Å². The molecule has 4 heterocycles. The van der Waals surface area contributed by atoms with Crippen molar-refractivity contribution in [3.63, 3.8) is 0 Å². The summed E-state index contributed by atoms with van der Waals surface area (Å²) in [6.07, 6.45) is 6.61. The van der Waals surface area contributed by atoms with Crippen molar-refractivity contribution >= 4 is 95.7 Å². The number of hydrogen-bond donors (Lipinski definition) is 0. The van der Waals surface area contributed by atoms with E-state index in [2.05, 4.69) is 223 Å². The molecule has 0 saturated heterocycles. The molecule has 0 N–H and O–H groups in total. The highest BCUT2D eigenvalue weighted by molar-refractivity contribution is 7.00. The molecule has 2 aromatic heterocycles. The fourth-order valence-corrected chi connectivity index (χ4v) is 13.1. The van der Waals surface area contributed by atoms with E-state index in [1.807, 2.05) is 6.07 Å². The highest BCUT2D eigenvalue weighted by atomic mass is 16.3. The van der Waals surface area contributed by atoms with Gasteiger partial charge in [-0.15, -0.1) is 0 Å². The van der Waals surface area contributed by atoms with Crippen LogP contribution in [-0.2, 0) is 22.7 Å². The molecule has 5 heteroatoms. The molecule has 0 fully saturated rings. The van der Waals surface area contributed by atoms with Crippen LogP contribution in [0.5, 0.6) is 0 Å². The molecule has 352 valence electrons. The van der Waals surface area contributed by atoms with Crippen LogP contribution >= 0.6 is 0 Å². The van der Waals surface area contributed by atoms with Gasteiger partial charge in [-0.1, -0.05) is 146 Å². The topological polar surface area (TPSA) is 32.8 Å².